The summed E-state index contributed by atoms with van der Waals surface area (Å²) in [6, 6.07) is 0. The molecule has 18 heavy (non-hydrogen) atoms. The third-order valence-electron chi connectivity index (χ3n) is 2.57. The van der Waals surface area contributed by atoms with E-state index in [-0.39, 0.29) is 12.2 Å². The first-order valence-corrected chi connectivity index (χ1v) is 5.42. The van der Waals surface area contributed by atoms with Crippen molar-refractivity contribution in [2.24, 2.45) is 7.05 Å². The van der Waals surface area contributed by atoms with Crippen LogP contribution < -0.4 is 4.90 Å². The Morgan fingerprint density at radius 2 is 2.22 bits per heavy atom. The molecule has 1 rings (SSSR count). The van der Waals surface area contributed by atoms with E-state index in [1.54, 1.807) is 25.8 Å². The van der Waals surface area contributed by atoms with E-state index in [1.165, 1.54) is 11.8 Å². The molecule has 0 spiro atoms. The van der Waals surface area contributed by atoms with Gasteiger partial charge in [0.15, 0.2) is 0 Å². The lowest BCUT2D eigenvalue weighted by molar-refractivity contribution is -0.384. The molecule has 1 aromatic rings. The highest BCUT2D eigenvalue weighted by molar-refractivity contribution is 5.77. The lowest BCUT2D eigenvalue weighted by atomic mass is 10.3. The molecule has 0 aliphatic carbocycles. The van der Waals surface area contributed by atoms with Crippen LogP contribution in [0.25, 0.3) is 0 Å². The van der Waals surface area contributed by atoms with Gasteiger partial charge in [-0.1, -0.05) is 0 Å². The molecular formula is C10H16N4O4. The number of nitrogens with zero attached hydrogens (tertiary/aromatic N) is 4. The normalized spacial score (nSPS) is 10.2. The van der Waals surface area contributed by atoms with Crippen LogP contribution >= 0.6 is 0 Å². The van der Waals surface area contributed by atoms with Crippen LogP contribution in [0.1, 0.15) is 12.6 Å². The predicted octanol–water partition coefficient (Wildman–Crippen LogP) is 0.636. The molecule has 0 amide bonds. The smallest absolute Gasteiger partial charge is 0.333 e. The second kappa shape index (κ2) is 5.48. The number of anilines is 1. The fraction of sp³-hybridized carbons (Fsp3) is 0.600. The van der Waals surface area contributed by atoms with E-state index >= 15 is 0 Å². The van der Waals surface area contributed by atoms with Crippen molar-refractivity contribution in [2.75, 3.05) is 25.1 Å². The summed E-state index contributed by atoms with van der Waals surface area (Å²) in [5.74, 6) is -0.143. The zero-order chi connectivity index (χ0) is 13.9. The molecule has 0 atom stereocenters. The van der Waals surface area contributed by atoms with E-state index in [0.29, 0.717) is 18.1 Å². The molecule has 0 aromatic carbocycles. The number of rotatable bonds is 5. The van der Waals surface area contributed by atoms with Crippen LogP contribution in [0.15, 0.2) is 0 Å². The molecule has 0 saturated heterocycles. The van der Waals surface area contributed by atoms with E-state index in [4.69, 9.17) is 0 Å². The van der Waals surface area contributed by atoms with Crippen LogP contribution in [0.4, 0.5) is 11.5 Å². The predicted molar refractivity (Wildman–Crippen MR) is 64.5 cm³/mol. The fourth-order valence-corrected chi connectivity index (χ4v) is 1.76. The van der Waals surface area contributed by atoms with Gasteiger partial charge in [0.25, 0.3) is 0 Å². The number of aryl methyl sites for hydroxylation is 2. The van der Waals surface area contributed by atoms with Gasteiger partial charge in [-0.05, 0) is 13.8 Å². The molecule has 0 aliphatic heterocycles. The molecule has 0 aliphatic rings. The summed E-state index contributed by atoms with van der Waals surface area (Å²) in [4.78, 5) is 23.4. The van der Waals surface area contributed by atoms with Gasteiger partial charge in [-0.2, -0.15) is 5.10 Å². The number of esters is 1. The average Bonchev–Trinajstić information content (AvgIpc) is 2.60. The van der Waals surface area contributed by atoms with Gasteiger partial charge in [-0.3, -0.25) is 14.9 Å². The summed E-state index contributed by atoms with van der Waals surface area (Å²) >= 11 is 0. The van der Waals surface area contributed by atoms with Gasteiger partial charge in [-0.25, -0.2) is 4.68 Å². The highest BCUT2D eigenvalue weighted by Crippen LogP contribution is 2.30. The summed E-state index contributed by atoms with van der Waals surface area (Å²) in [6.07, 6.45) is 0. The van der Waals surface area contributed by atoms with Gasteiger partial charge >= 0.3 is 11.7 Å². The van der Waals surface area contributed by atoms with Crippen molar-refractivity contribution < 1.29 is 14.5 Å². The highest BCUT2D eigenvalue weighted by atomic mass is 16.6. The van der Waals surface area contributed by atoms with Crippen LogP contribution in [0.3, 0.4) is 0 Å². The first kappa shape index (κ1) is 13.9. The van der Waals surface area contributed by atoms with Crippen LogP contribution in [-0.4, -0.2) is 40.9 Å². The number of likely N-dealkylation sites (N-methyl/N-ethyl adjacent to an activating group) is 1. The fourth-order valence-electron chi connectivity index (χ4n) is 1.76. The minimum Gasteiger partial charge on any atom is -0.468 e. The minimum absolute atomic E-state index is 0.0488. The van der Waals surface area contributed by atoms with Gasteiger partial charge in [0.05, 0.1) is 12.0 Å². The summed E-state index contributed by atoms with van der Waals surface area (Å²) in [5, 5.41) is 15.1. The zero-order valence-electron chi connectivity index (χ0n) is 10.8. The molecule has 100 valence electrons. The summed E-state index contributed by atoms with van der Waals surface area (Å²) in [5.41, 5.74) is 0.240. The lowest BCUT2D eigenvalue weighted by Gasteiger charge is -2.20. The molecule has 8 nitrogen and oxygen atoms in total. The Balaban J connectivity index is 3.20. The summed E-state index contributed by atoms with van der Waals surface area (Å²) in [6.45, 7) is 3.75. The molecule has 0 radical (unpaired) electrons. The Kier molecular flexibility index (Phi) is 4.24. The standard InChI is InChI=1S/C10H16N4O4/c1-5-13(6-8(15)18-4)10-9(14(16)17)7(2)11-12(10)3/h5-6H2,1-4H3. The Morgan fingerprint density at radius 3 is 2.67 bits per heavy atom. The number of methoxy groups -OCH3 is 1. The van der Waals surface area contributed by atoms with Crippen molar-refractivity contribution in [3.63, 3.8) is 0 Å². The topological polar surface area (TPSA) is 90.5 Å². The van der Waals surface area contributed by atoms with E-state index in [9.17, 15) is 14.9 Å². The number of ether oxygens (including phenoxy) is 1. The van der Waals surface area contributed by atoms with Crippen molar-refractivity contribution in [3.05, 3.63) is 15.8 Å². The first-order chi connectivity index (χ1) is 8.42. The van der Waals surface area contributed by atoms with Crippen LogP contribution in [0.5, 0.6) is 0 Å². The molecule has 1 heterocycles. The molecule has 0 N–H and O–H groups in total. The van der Waals surface area contributed by atoms with E-state index < -0.39 is 10.9 Å². The zero-order valence-corrected chi connectivity index (χ0v) is 10.8. The Labute approximate surface area is 104 Å². The second-order valence-corrected chi connectivity index (χ2v) is 3.73. The molecule has 8 heteroatoms. The average molecular weight is 256 g/mol. The van der Waals surface area contributed by atoms with Crippen molar-refractivity contribution in [2.45, 2.75) is 13.8 Å². The molecule has 0 fully saturated rings. The van der Waals surface area contributed by atoms with Gasteiger partial charge in [0.2, 0.25) is 5.82 Å². The maximum Gasteiger partial charge on any atom is 0.333 e. The van der Waals surface area contributed by atoms with Gasteiger partial charge in [0, 0.05) is 13.6 Å². The van der Waals surface area contributed by atoms with Gasteiger partial charge < -0.3 is 9.64 Å². The highest BCUT2D eigenvalue weighted by Gasteiger charge is 2.28. The quantitative estimate of drug-likeness (QED) is 0.436. The number of carbonyl (C=O) groups is 1. The van der Waals surface area contributed by atoms with E-state index in [0.717, 1.165) is 0 Å². The van der Waals surface area contributed by atoms with E-state index in [1.807, 2.05) is 0 Å². The Hall–Kier alpha value is -2.12. The number of nitro groups is 1. The first-order valence-electron chi connectivity index (χ1n) is 5.42. The van der Waals surface area contributed by atoms with Crippen molar-refractivity contribution in [1.29, 1.82) is 0 Å². The molecule has 0 saturated carbocycles. The SMILES string of the molecule is CCN(CC(=O)OC)c1c([N+](=O)[O-])c(C)nn1C. The second-order valence-electron chi connectivity index (χ2n) is 3.73. The lowest BCUT2D eigenvalue weighted by Crippen LogP contribution is -2.32. The third kappa shape index (κ3) is 2.58. The number of aromatic nitrogens is 2. The van der Waals surface area contributed by atoms with Crippen LogP contribution in [0.2, 0.25) is 0 Å². The summed E-state index contributed by atoms with van der Waals surface area (Å²) < 4.78 is 5.97. The summed E-state index contributed by atoms with van der Waals surface area (Å²) in [7, 11) is 2.88. The molecular weight excluding hydrogens is 240 g/mol. The van der Waals surface area contributed by atoms with E-state index in [2.05, 4.69) is 9.84 Å². The largest absolute Gasteiger partial charge is 0.468 e. The maximum atomic E-state index is 11.3. The Morgan fingerprint density at radius 1 is 1.61 bits per heavy atom. The van der Waals surface area contributed by atoms with Crippen LogP contribution in [0, 0.1) is 17.0 Å². The number of carbonyl (C=O) groups excluding carboxylic acids is 1. The Bertz CT molecular complexity index is 469. The minimum atomic E-state index is -0.488. The van der Waals surface area contributed by atoms with Crippen molar-refractivity contribution in [3.8, 4) is 0 Å². The molecule has 0 unspecified atom stereocenters. The monoisotopic (exact) mass is 256 g/mol. The maximum absolute atomic E-state index is 11.3. The van der Waals surface area contributed by atoms with Crippen molar-refractivity contribution in [1.82, 2.24) is 9.78 Å². The molecule has 0 bridgehead atoms. The number of hydrogen-bond acceptors (Lipinski definition) is 6. The van der Waals surface area contributed by atoms with Gasteiger partial charge in [0.1, 0.15) is 12.2 Å². The third-order valence-corrected chi connectivity index (χ3v) is 2.57. The van der Waals surface area contributed by atoms with Crippen LogP contribution in [-0.2, 0) is 16.6 Å². The van der Waals surface area contributed by atoms with Crippen molar-refractivity contribution >= 4 is 17.5 Å². The van der Waals surface area contributed by atoms with Gasteiger partial charge in [-0.15, -0.1) is 0 Å². The molecule has 1 aromatic heterocycles. The number of hydrogen-bond donors (Lipinski definition) is 0.